The molecule has 0 spiro atoms. The van der Waals surface area contributed by atoms with Crippen molar-refractivity contribution < 1.29 is 4.79 Å². The zero-order valence-electron chi connectivity index (χ0n) is 10.1. The lowest BCUT2D eigenvalue weighted by atomic mass is 9.97. The number of nitrogens with two attached hydrogens (primary N) is 1. The van der Waals surface area contributed by atoms with E-state index in [2.05, 4.69) is 12.0 Å². The minimum absolute atomic E-state index is 0.0443. The lowest BCUT2D eigenvalue weighted by molar-refractivity contribution is 0.0923. The van der Waals surface area contributed by atoms with E-state index in [0.29, 0.717) is 6.54 Å². The van der Waals surface area contributed by atoms with E-state index in [0.717, 1.165) is 31.4 Å². The Hall–Kier alpha value is -1.16. The minimum atomic E-state index is 0.0443. The first kappa shape index (κ1) is 12.9. The average molecular weight is 223 g/mol. The molecule has 0 radical (unpaired) electrons. The molecule has 90 valence electrons. The zero-order chi connectivity index (χ0) is 12.0. The molecule has 0 aliphatic heterocycles. The maximum Gasteiger partial charge on any atom is 0.168 e. The van der Waals surface area contributed by atoms with Crippen molar-refractivity contribution >= 4 is 5.78 Å². The van der Waals surface area contributed by atoms with Gasteiger partial charge in [-0.15, -0.1) is 0 Å². The molecule has 1 aromatic heterocycles. The maximum atomic E-state index is 12.0. The quantitative estimate of drug-likeness (QED) is 0.718. The Morgan fingerprint density at radius 2 is 2.38 bits per heavy atom. The summed E-state index contributed by atoms with van der Waals surface area (Å²) < 4.78 is 1.82. The molecule has 0 bridgehead atoms. The monoisotopic (exact) mass is 223 g/mol. The van der Waals surface area contributed by atoms with Gasteiger partial charge in [-0.05, 0) is 25.8 Å². The molecule has 4 heteroatoms. The van der Waals surface area contributed by atoms with Crippen molar-refractivity contribution in [2.45, 2.75) is 39.7 Å². The molecular weight excluding hydrogens is 202 g/mol. The van der Waals surface area contributed by atoms with Crippen LogP contribution in [0, 0.1) is 5.92 Å². The third-order valence-corrected chi connectivity index (χ3v) is 2.66. The standard InChI is InChI=1S/C12H21N3O/c1-3-7-15-9-11(8-14-15)12(16)10(2)5-4-6-13/h8-10H,3-7,13H2,1-2H3. The molecule has 0 saturated heterocycles. The highest BCUT2D eigenvalue weighted by atomic mass is 16.1. The molecule has 0 amide bonds. The van der Waals surface area contributed by atoms with Gasteiger partial charge in [-0.1, -0.05) is 13.8 Å². The van der Waals surface area contributed by atoms with Gasteiger partial charge < -0.3 is 5.73 Å². The van der Waals surface area contributed by atoms with Crippen LogP contribution >= 0.6 is 0 Å². The van der Waals surface area contributed by atoms with Crippen LogP contribution in [0.1, 0.15) is 43.5 Å². The van der Waals surface area contributed by atoms with Gasteiger partial charge in [0.25, 0.3) is 0 Å². The SMILES string of the molecule is CCCn1cc(C(=O)C(C)CCCN)cn1. The molecule has 1 rings (SSSR count). The number of hydrogen-bond acceptors (Lipinski definition) is 3. The molecule has 1 aromatic rings. The Kier molecular flexibility index (Phi) is 5.19. The van der Waals surface area contributed by atoms with Gasteiger partial charge in [0.05, 0.1) is 11.8 Å². The zero-order valence-corrected chi connectivity index (χ0v) is 10.1. The van der Waals surface area contributed by atoms with Gasteiger partial charge in [0.1, 0.15) is 0 Å². The van der Waals surface area contributed by atoms with Crippen LogP contribution in [0.25, 0.3) is 0 Å². The van der Waals surface area contributed by atoms with Gasteiger partial charge in [0, 0.05) is 18.7 Å². The number of ketones is 1. The molecule has 0 aliphatic carbocycles. The first-order valence-electron chi connectivity index (χ1n) is 5.95. The number of hydrogen-bond donors (Lipinski definition) is 1. The summed E-state index contributed by atoms with van der Waals surface area (Å²) >= 11 is 0. The van der Waals surface area contributed by atoms with Gasteiger partial charge in [0.2, 0.25) is 0 Å². The Morgan fingerprint density at radius 1 is 1.62 bits per heavy atom. The van der Waals surface area contributed by atoms with E-state index in [-0.39, 0.29) is 11.7 Å². The Balaban J connectivity index is 2.57. The summed E-state index contributed by atoms with van der Waals surface area (Å²) in [7, 11) is 0. The van der Waals surface area contributed by atoms with Crippen molar-refractivity contribution in [3.63, 3.8) is 0 Å². The van der Waals surface area contributed by atoms with Gasteiger partial charge in [-0.3, -0.25) is 9.48 Å². The predicted octanol–water partition coefficient (Wildman–Crippen LogP) is 1.85. The Morgan fingerprint density at radius 3 is 3.00 bits per heavy atom. The van der Waals surface area contributed by atoms with Gasteiger partial charge in [0.15, 0.2) is 5.78 Å². The molecular formula is C12H21N3O. The fourth-order valence-electron chi connectivity index (χ4n) is 1.68. The fraction of sp³-hybridized carbons (Fsp3) is 0.667. The first-order chi connectivity index (χ1) is 7.69. The summed E-state index contributed by atoms with van der Waals surface area (Å²) in [5, 5.41) is 4.16. The lowest BCUT2D eigenvalue weighted by Gasteiger charge is -2.07. The van der Waals surface area contributed by atoms with E-state index in [9.17, 15) is 4.79 Å². The molecule has 1 atom stereocenters. The summed E-state index contributed by atoms with van der Waals surface area (Å²) in [5.74, 6) is 0.221. The second kappa shape index (κ2) is 6.43. The molecule has 0 fully saturated rings. The largest absolute Gasteiger partial charge is 0.330 e. The second-order valence-electron chi connectivity index (χ2n) is 4.19. The van der Waals surface area contributed by atoms with Crippen molar-refractivity contribution in [1.29, 1.82) is 0 Å². The van der Waals surface area contributed by atoms with Gasteiger partial charge in [-0.2, -0.15) is 5.10 Å². The van der Waals surface area contributed by atoms with Crippen LogP contribution in [-0.4, -0.2) is 22.1 Å². The van der Waals surface area contributed by atoms with Crippen LogP contribution in [0.5, 0.6) is 0 Å². The number of rotatable bonds is 7. The number of nitrogens with zero attached hydrogens (tertiary/aromatic N) is 2. The smallest absolute Gasteiger partial charge is 0.168 e. The normalized spacial score (nSPS) is 12.7. The number of Topliss-reactive ketones (excluding diaryl/α,β-unsaturated/α-hetero) is 1. The molecule has 16 heavy (non-hydrogen) atoms. The van der Waals surface area contributed by atoms with E-state index >= 15 is 0 Å². The van der Waals surface area contributed by atoms with E-state index in [1.807, 2.05) is 17.8 Å². The number of aromatic nitrogens is 2. The number of aryl methyl sites for hydroxylation is 1. The van der Waals surface area contributed by atoms with Crippen LogP contribution < -0.4 is 5.73 Å². The van der Waals surface area contributed by atoms with Crippen molar-refractivity contribution in [3.8, 4) is 0 Å². The number of carbonyl (C=O) groups excluding carboxylic acids is 1. The lowest BCUT2D eigenvalue weighted by Crippen LogP contribution is -2.12. The molecule has 0 saturated carbocycles. The first-order valence-corrected chi connectivity index (χ1v) is 5.95. The van der Waals surface area contributed by atoms with Crippen molar-refractivity contribution in [2.24, 2.45) is 11.7 Å². The van der Waals surface area contributed by atoms with Crippen molar-refractivity contribution in [2.75, 3.05) is 6.54 Å². The van der Waals surface area contributed by atoms with Crippen LogP contribution in [-0.2, 0) is 6.54 Å². The number of carbonyl (C=O) groups is 1. The molecule has 4 nitrogen and oxygen atoms in total. The van der Waals surface area contributed by atoms with E-state index < -0.39 is 0 Å². The van der Waals surface area contributed by atoms with E-state index in [1.54, 1.807) is 6.20 Å². The summed E-state index contributed by atoms with van der Waals surface area (Å²) in [6, 6.07) is 0. The summed E-state index contributed by atoms with van der Waals surface area (Å²) in [4.78, 5) is 12.0. The van der Waals surface area contributed by atoms with Gasteiger partial charge in [-0.25, -0.2) is 0 Å². The fourth-order valence-corrected chi connectivity index (χ4v) is 1.68. The third kappa shape index (κ3) is 3.45. The molecule has 0 aliphatic rings. The van der Waals surface area contributed by atoms with E-state index in [1.165, 1.54) is 0 Å². The van der Waals surface area contributed by atoms with Gasteiger partial charge >= 0.3 is 0 Å². The average Bonchev–Trinajstić information content (AvgIpc) is 2.74. The highest BCUT2D eigenvalue weighted by molar-refractivity contribution is 5.97. The maximum absolute atomic E-state index is 12.0. The third-order valence-electron chi connectivity index (χ3n) is 2.66. The van der Waals surface area contributed by atoms with Crippen LogP contribution in [0.4, 0.5) is 0 Å². The Labute approximate surface area is 96.8 Å². The molecule has 2 N–H and O–H groups in total. The highest BCUT2D eigenvalue weighted by Gasteiger charge is 2.16. The van der Waals surface area contributed by atoms with Crippen molar-refractivity contribution in [3.05, 3.63) is 18.0 Å². The highest BCUT2D eigenvalue weighted by Crippen LogP contribution is 2.13. The van der Waals surface area contributed by atoms with Crippen LogP contribution in [0.15, 0.2) is 12.4 Å². The summed E-state index contributed by atoms with van der Waals surface area (Å²) in [6.45, 7) is 5.55. The summed E-state index contributed by atoms with van der Waals surface area (Å²) in [6.07, 6.45) is 6.28. The topological polar surface area (TPSA) is 60.9 Å². The minimum Gasteiger partial charge on any atom is -0.330 e. The molecule has 0 aromatic carbocycles. The molecule has 1 heterocycles. The predicted molar refractivity (Wildman–Crippen MR) is 64.3 cm³/mol. The summed E-state index contributed by atoms with van der Waals surface area (Å²) in [5.41, 5.74) is 6.15. The Bertz CT molecular complexity index is 333. The van der Waals surface area contributed by atoms with Crippen LogP contribution in [0.3, 0.4) is 0 Å². The molecule has 1 unspecified atom stereocenters. The second-order valence-corrected chi connectivity index (χ2v) is 4.19. The van der Waals surface area contributed by atoms with Crippen molar-refractivity contribution in [1.82, 2.24) is 9.78 Å². The van der Waals surface area contributed by atoms with Crippen LogP contribution in [0.2, 0.25) is 0 Å². The van der Waals surface area contributed by atoms with E-state index in [4.69, 9.17) is 5.73 Å².